The van der Waals surface area contributed by atoms with E-state index in [-0.39, 0.29) is 36.8 Å². The van der Waals surface area contributed by atoms with E-state index in [1.165, 1.54) is 23.3 Å². The molecule has 2 aromatic heterocycles. The fraction of sp³-hybridized carbons (Fsp3) is 0.368. The van der Waals surface area contributed by atoms with Crippen molar-refractivity contribution in [2.75, 3.05) is 25.6 Å². The van der Waals surface area contributed by atoms with E-state index in [2.05, 4.69) is 20.0 Å². The van der Waals surface area contributed by atoms with Gasteiger partial charge in [0.2, 0.25) is 5.95 Å². The lowest BCUT2D eigenvalue weighted by Crippen LogP contribution is -2.31. The van der Waals surface area contributed by atoms with E-state index >= 15 is 0 Å². The molecule has 0 aliphatic carbocycles. The Balaban J connectivity index is 1.90. The number of para-hydroxylation sites is 1. The lowest BCUT2D eigenvalue weighted by atomic mass is 10.2. The number of carbonyl (C=O) groups excluding carboxylic acids is 1. The van der Waals surface area contributed by atoms with E-state index in [1.54, 1.807) is 6.07 Å². The van der Waals surface area contributed by atoms with Gasteiger partial charge in [0.15, 0.2) is 11.2 Å². The maximum absolute atomic E-state index is 12.4. The quantitative estimate of drug-likeness (QED) is 0.427. The molecule has 0 spiro atoms. The van der Waals surface area contributed by atoms with E-state index in [0.29, 0.717) is 5.75 Å². The zero-order valence-electron chi connectivity index (χ0n) is 16.8. The zero-order chi connectivity index (χ0) is 21.8. The van der Waals surface area contributed by atoms with Crippen LogP contribution in [-0.4, -0.2) is 56.5 Å². The second-order valence-corrected chi connectivity index (χ2v) is 6.70. The molecule has 0 bridgehead atoms. The molecule has 1 atom stereocenters. The van der Waals surface area contributed by atoms with Gasteiger partial charge in [0.05, 0.1) is 13.7 Å². The second kappa shape index (κ2) is 8.82. The summed E-state index contributed by atoms with van der Waals surface area (Å²) in [6, 6.07) is 7.39. The number of aryl methyl sites for hydroxylation is 2. The number of methoxy groups -OCH3 is 1. The molecule has 0 unspecified atom stereocenters. The SMILES string of the molecule is COC(=O)CNc1nc2c(c(=O)[nH]c(=O)n2C)n1C[C@@H](O)COc1ccccc1C. The lowest BCUT2D eigenvalue weighted by molar-refractivity contribution is -0.138. The van der Waals surface area contributed by atoms with Crippen LogP contribution in [0.4, 0.5) is 5.95 Å². The van der Waals surface area contributed by atoms with E-state index in [4.69, 9.17) is 4.74 Å². The molecule has 0 amide bonds. The first-order valence-corrected chi connectivity index (χ1v) is 9.18. The molecular formula is C19H23N5O6. The summed E-state index contributed by atoms with van der Waals surface area (Å²) < 4.78 is 12.8. The van der Waals surface area contributed by atoms with Crippen molar-refractivity contribution in [3.05, 3.63) is 50.7 Å². The molecule has 11 nitrogen and oxygen atoms in total. The Morgan fingerprint density at radius 3 is 2.77 bits per heavy atom. The molecule has 30 heavy (non-hydrogen) atoms. The molecule has 2 heterocycles. The Hall–Kier alpha value is -3.60. The van der Waals surface area contributed by atoms with E-state index in [9.17, 15) is 19.5 Å². The van der Waals surface area contributed by atoms with Crippen molar-refractivity contribution >= 4 is 23.1 Å². The number of fused-ring (bicyclic) bond motifs is 1. The maximum atomic E-state index is 12.4. The predicted molar refractivity (Wildman–Crippen MR) is 109 cm³/mol. The van der Waals surface area contributed by atoms with Gasteiger partial charge >= 0.3 is 11.7 Å². The lowest BCUT2D eigenvalue weighted by Gasteiger charge is -2.16. The highest BCUT2D eigenvalue weighted by Crippen LogP contribution is 2.18. The van der Waals surface area contributed by atoms with Gasteiger partial charge in [-0.25, -0.2) is 4.79 Å². The van der Waals surface area contributed by atoms with Gasteiger partial charge in [0.1, 0.15) is 25.0 Å². The topological polar surface area (TPSA) is 140 Å². The number of anilines is 1. The van der Waals surface area contributed by atoms with Crippen LogP contribution < -0.4 is 21.3 Å². The molecule has 0 radical (unpaired) electrons. The van der Waals surface area contributed by atoms with Gasteiger partial charge in [0, 0.05) is 7.05 Å². The van der Waals surface area contributed by atoms with Crippen molar-refractivity contribution in [1.82, 2.24) is 19.1 Å². The Bertz CT molecular complexity index is 1180. The van der Waals surface area contributed by atoms with Gasteiger partial charge in [-0.05, 0) is 18.6 Å². The fourth-order valence-corrected chi connectivity index (χ4v) is 2.94. The summed E-state index contributed by atoms with van der Waals surface area (Å²) in [5.41, 5.74) is -0.161. The number of hydrogen-bond acceptors (Lipinski definition) is 8. The number of aliphatic hydroxyl groups is 1. The van der Waals surface area contributed by atoms with Crippen molar-refractivity contribution in [3.8, 4) is 5.75 Å². The van der Waals surface area contributed by atoms with Gasteiger partial charge in [0.25, 0.3) is 5.56 Å². The minimum atomic E-state index is -1.00. The number of nitrogens with one attached hydrogen (secondary N) is 2. The summed E-state index contributed by atoms with van der Waals surface area (Å²) in [4.78, 5) is 42.3. The summed E-state index contributed by atoms with van der Waals surface area (Å²) in [6.07, 6.45) is -1.00. The Morgan fingerprint density at radius 2 is 2.07 bits per heavy atom. The van der Waals surface area contributed by atoms with Crippen LogP contribution in [0.3, 0.4) is 0 Å². The minimum Gasteiger partial charge on any atom is -0.491 e. The number of esters is 1. The van der Waals surface area contributed by atoms with Crippen LogP contribution in [0.1, 0.15) is 5.56 Å². The highest BCUT2D eigenvalue weighted by molar-refractivity contribution is 5.77. The molecule has 0 saturated carbocycles. The van der Waals surface area contributed by atoms with E-state index in [1.807, 2.05) is 25.1 Å². The third-order valence-corrected chi connectivity index (χ3v) is 4.54. The van der Waals surface area contributed by atoms with E-state index < -0.39 is 23.3 Å². The van der Waals surface area contributed by atoms with Gasteiger partial charge in [-0.3, -0.25) is 19.1 Å². The van der Waals surface area contributed by atoms with Crippen LogP contribution in [0.2, 0.25) is 0 Å². The molecule has 0 fully saturated rings. The average molecular weight is 417 g/mol. The first kappa shape index (κ1) is 21.1. The van der Waals surface area contributed by atoms with Crippen LogP contribution in [0.5, 0.6) is 5.75 Å². The highest BCUT2D eigenvalue weighted by Gasteiger charge is 2.20. The van der Waals surface area contributed by atoms with Gasteiger partial charge in [-0.2, -0.15) is 4.98 Å². The van der Waals surface area contributed by atoms with Crippen molar-refractivity contribution in [3.63, 3.8) is 0 Å². The number of aliphatic hydroxyl groups excluding tert-OH is 1. The number of aromatic nitrogens is 4. The smallest absolute Gasteiger partial charge is 0.329 e. The number of nitrogens with zero attached hydrogens (tertiary/aromatic N) is 3. The van der Waals surface area contributed by atoms with Gasteiger partial charge in [-0.15, -0.1) is 0 Å². The first-order chi connectivity index (χ1) is 14.3. The number of ether oxygens (including phenoxy) is 2. The molecule has 3 rings (SSSR count). The number of aromatic amines is 1. The summed E-state index contributed by atoms with van der Waals surface area (Å²) >= 11 is 0. The van der Waals surface area contributed by atoms with E-state index in [0.717, 1.165) is 5.56 Å². The molecule has 3 N–H and O–H groups in total. The Labute approximate surface area is 170 Å². The molecule has 0 saturated heterocycles. The van der Waals surface area contributed by atoms with Crippen LogP contribution in [0.25, 0.3) is 11.2 Å². The standard InChI is InChI=1S/C19H23N5O6/c1-11-6-4-5-7-13(11)30-10-12(25)9-24-15-16(23(2)19(28)22-17(15)27)21-18(24)20-8-14(26)29-3/h4-7,12,25H,8-10H2,1-3H3,(H,20,21)(H,22,27,28)/t12-/m1/s1. The van der Waals surface area contributed by atoms with Crippen molar-refractivity contribution < 1.29 is 19.4 Å². The largest absolute Gasteiger partial charge is 0.491 e. The molecule has 3 aromatic rings. The number of rotatable bonds is 8. The van der Waals surface area contributed by atoms with Crippen LogP contribution in [0.15, 0.2) is 33.9 Å². The first-order valence-electron chi connectivity index (χ1n) is 9.18. The Kier molecular flexibility index (Phi) is 6.21. The normalized spacial score (nSPS) is 12.0. The third-order valence-electron chi connectivity index (χ3n) is 4.54. The molecule has 160 valence electrons. The molecule has 0 aliphatic heterocycles. The maximum Gasteiger partial charge on any atom is 0.329 e. The number of hydrogen-bond donors (Lipinski definition) is 3. The minimum absolute atomic E-state index is 0.0371. The number of imidazole rings is 1. The third kappa shape index (κ3) is 4.35. The fourth-order valence-electron chi connectivity index (χ4n) is 2.94. The summed E-state index contributed by atoms with van der Waals surface area (Å²) in [6.45, 7) is 1.58. The summed E-state index contributed by atoms with van der Waals surface area (Å²) in [5.74, 6) is 0.230. The second-order valence-electron chi connectivity index (χ2n) is 6.70. The molecule has 1 aromatic carbocycles. The number of benzene rings is 1. The van der Waals surface area contributed by atoms with Gasteiger partial charge in [-0.1, -0.05) is 18.2 Å². The molecule has 0 aliphatic rings. The van der Waals surface area contributed by atoms with Crippen molar-refractivity contribution in [1.29, 1.82) is 0 Å². The Morgan fingerprint density at radius 1 is 1.33 bits per heavy atom. The molecular weight excluding hydrogens is 394 g/mol. The van der Waals surface area contributed by atoms with Crippen LogP contribution in [-0.2, 0) is 23.1 Å². The number of H-pyrrole nitrogens is 1. The van der Waals surface area contributed by atoms with Crippen LogP contribution in [0, 0.1) is 6.92 Å². The monoisotopic (exact) mass is 417 g/mol. The zero-order valence-corrected chi connectivity index (χ0v) is 16.8. The molecule has 11 heteroatoms. The summed E-state index contributed by atoms with van der Waals surface area (Å²) in [7, 11) is 2.70. The van der Waals surface area contributed by atoms with Crippen LogP contribution >= 0.6 is 0 Å². The average Bonchev–Trinajstić information content (AvgIpc) is 3.08. The van der Waals surface area contributed by atoms with Crippen molar-refractivity contribution in [2.45, 2.75) is 19.6 Å². The predicted octanol–water partition coefficient (Wildman–Crippen LogP) is -0.243. The van der Waals surface area contributed by atoms with Crippen molar-refractivity contribution in [2.24, 2.45) is 7.05 Å². The number of carbonyl (C=O) groups is 1. The highest BCUT2D eigenvalue weighted by atomic mass is 16.5. The summed E-state index contributed by atoms with van der Waals surface area (Å²) in [5, 5.41) is 13.3. The van der Waals surface area contributed by atoms with Gasteiger partial charge < -0.3 is 24.5 Å².